The first-order valence-electron chi connectivity index (χ1n) is 5.52. The van der Waals surface area contributed by atoms with Crippen LogP contribution in [-0.4, -0.2) is 17.0 Å². The quantitative estimate of drug-likeness (QED) is 0.663. The van der Waals surface area contributed by atoms with Crippen LogP contribution in [0.4, 0.5) is 23.0 Å². The van der Waals surface area contributed by atoms with E-state index in [1.54, 1.807) is 18.2 Å². The smallest absolute Gasteiger partial charge is 0.311 e. The normalized spacial score (nSPS) is 10.1. The lowest BCUT2D eigenvalue weighted by Crippen LogP contribution is -2.01. The van der Waals surface area contributed by atoms with E-state index in [2.05, 4.69) is 10.3 Å². The Kier molecular flexibility index (Phi) is 3.90. The maximum absolute atomic E-state index is 10.6. The maximum atomic E-state index is 10.6. The van der Waals surface area contributed by atoms with Crippen LogP contribution in [0.3, 0.4) is 0 Å². The number of nitrogens with zero attached hydrogens (tertiary/aromatic N) is 2. The highest BCUT2D eigenvalue weighted by molar-refractivity contribution is 6.32. The molecule has 0 fully saturated rings. The molecule has 20 heavy (non-hydrogen) atoms. The molecule has 1 aromatic carbocycles. The van der Waals surface area contributed by atoms with Gasteiger partial charge in [-0.15, -0.1) is 0 Å². The Bertz CT molecular complexity index is 663. The van der Waals surface area contributed by atoms with Crippen LogP contribution in [-0.2, 0) is 0 Å². The minimum atomic E-state index is -0.586. The number of nitrogen functional groups attached to an aromatic ring is 1. The summed E-state index contributed by atoms with van der Waals surface area (Å²) in [6, 6.07) is 7.83. The number of rotatable bonds is 4. The second-order valence-electron chi connectivity index (χ2n) is 3.83. The van der Waals surface area contributed by atoms with Gasteiger partial charge in [0.2, 0.25) is 5.82 Å². The first kappa shape index (κ1) is 13.9. The predicted octanol–water partition coefficient (Wildman–Crippen LogP) is 2.98. The summed E-state index contributed by atoms with van der Waals surface area (Å²) >= 11 is 5.92. The summed E-state index contributed by atoms with van der Waals surface area (Å²) in [5, 5.41) is 14.1. The number of nitrogens with two attached hydrogens (primary N) is 1. The first-order chi connectivity index (χ1) is 9.51. The molecule has 1 aromatic heterocycles. The lowest BCUT2D eigenvalue weighted by molar-refractivity contribution is -0.384. The maximum Gasteiger partial charge on any atom is 0.311 e. The molecule has 2 rings (SSSR count). The number of hydrogen-bond acceptors (Lipinski definition) is 6. The Morgan fingerprint density at radius 2 is 2.15 bits per heavy atom. The molecule has 0 aliphatic heterocycles. The van der Waals surface area contributed by atoms with Gasteiger partial charge in [0.1, 0.15) is 11.6 Å². The van der Waals surface area contributed by atoms with Crippen LogP contribution in [0.2, 0.25) is 5.02 Å². The van der Waals surface area contributed by atoms with E-state index in [1.807, 2.05) is 0 Å². The van der Waals surface area contributed by atoms with Crippen molar-refractivity contribution in [2.75, 3.05) is 18.2 Å². The molecular weight excluding hydrogens is 284 g/mol. The van der Waals surface area contributed by atoms with Crippen LogP contribution >= 0.6 is 11.6 Å². The zero-order valence-corrected chi connectivity index (χ0v) is 11.2. The van der Waals surface area contributed by atoms with E-state index >= 15 is 0 Å². The average molecular weight is 295 g/mol. The number of nitrogens with one attached hydrogen (secondary N) is 1. The number of anilines is 3. The van der Waals surface area contributed by atoms with Gasteiger partial charge >= 0.3 is 5.69 Å². The molecule has 2 aromatic rings. The van der Waals surface area contributed by atoms with E-state index in [4.69, 9.17) is 22.1 Å². The highest BCUT2D eigenvalue weighted by Crippen LogP contribution is 2.29. The van der Waals surface area contributed by atoms with Crippen LogP contribution in [0.15, 0.2) is 30.3 Å². The Balaban J connectivity index is 2.26. The summed E-state index contributed by atoms with van der Waals surface area (Å²) in [6.45, 7) is 0. The Hall–Kier alpha value is -2.54. The van der Waals surface area contributed by atoms with Gasteiger partial charge < -0.3 is 15.8 Å². The topological polar surface area (TPSA) is 103 Å². The van der Waals surface area contributed by atoms with Crippen molar-refractivity contribution in [1.29, 1.82) is 0 Å². The van der Waals surface area contributed by atoms with Crippen molar-refractivity contribution < 1.29 is 9.66 Å². The number of pyridine rings is 1. The van der Waals surface area contributed by atoms with Gasteiger partial charge in [-0.3, -0.25) is 10.1 Å². The van der Waals surface area contributed by atoms with E-state index < -0.39 is 4.92 Å². The van der Waals surface area contributed by atoms with Gasteiger partial charge in [0.15, 0.2) is 0 Å². The molecule has 0 aliphatic carbocycles. The van der Waals surface area contributed by atoms with Crippen molar-refractivity contribution in [3.8, 4) is 5.75 Å². The van der Waals surface area contributed by atoms with Crippen molar-refractivity contribution in [2.24, 2.45) is 0 Å². The number of aromatic nitrogens is 1. The zero-order valence-electron chi connectivity index (χ0n) is 10.5. The van der Waals surface area contributed by atoms with Gasteiger partial charge in [-0.1, -0.05) is 11.6 Å². The molecule has 0 saturated heterocycles. The van der Waals surface area contributed by atoms with Crippen molar-refractivity contribution >= 4 is 34.6 Å². The largest absolute Gasteiger partial charge is 0.495 e. The number of ether oxygens (including phenoxy) is 1. The number of benzene rings is 1. The van der Waals surface area contributed by atoms with E-state index in [0.717, 1.165) is 0 Å². The fourth-order valence-electron chi connectivity index (χ4n) is 1.58. The molecule has 0 amide bonds. The van der Waals surface area contributed by atoms with E-state index in [1.165, 1.54) is 19.2 Å². The van der Waals surface area contributed by atoms with Crippen LogP contribution in [0, 0.1) is 10.1 Å². The minimum Gasteiger partial charge on any atom is -0.495 e. The first-order valence-corrected chi connectivity index (χ1v) is 5.90. The molecule has 3 N–H and O–H groups in total. The van der Waals surface area contributed by atoms with Crippen LogP contribution in [0.25, 0.3) is 0 Å². The molecule has 8 heteroatoms. The molecule has 0 unspecified atom stereocenters. The van der Waals surface area contributed by atoms with Crippen molar-refractivity contribution in [2.45, 2.75) is 0 Å². The fourth-order valence-corrected chi connectivity index (χ4v) is 1.77. The predicted molar refractivity (Wildman–Crippen MR) is 76.6 cm³/mol. The number of nitro groups is 1. The minimum absolute atomic E-state index is 0.152. The van der Waals surface area contributed by atoms with Gasteiger partial charge in [0.05, 0.1) is 17.1 Å². The van der Waals surface area contributed by atoms with Gasteiger partial charge in [0, 0.05) is 17.8 Å². The van der Waals surface area contributed by atoms with E-state index in [0.29, 0.717) is 22.3 Å². The molecular formula is C12H11ClN4O3. The molecule has 0 saturated carbocycles. The number of halogens is 1. The van der Waals surface area contributed by atoms with Gasteiger partial charge in [-0.25, -0.2) is 4.98 Å². The molecule has 0 spiro atoms. The standard InChI is InChI=1S/C12H11ClN4O3/c1-20-10-6-7(2-3-8(10)13)15-11-5-4-9(17(18)19)12(14)16-11/h2-6H,1H3,(H3,14,15,16). The Morgan fingerprint density at radius 3 is 2.75 bits per heavy atom. The average Bonchev–Trinajstić information content (AvgIpc) is 2.40. The molecule has 1 heterocycles. The SMILES string of the molecule is COc1cc(Nc2ccc([N+](=O)[O-])c(N)n2)ccc1Cl. The Labute approximate surface area is 119 Å². The fraction of sp³-hybridized carbons (Fsp3) is 0.0833. The van der Waals surface area contributed by atoms with Gasteiger partial charge in [-0.2, -0.15) is 0 Å². The Morgan fingerprint density at radius 1 is 1.40 bits per heavy atom. The summed E-state index contributed by atoms with van der Waals surface area (Å²) in [5.74, 6) is 0.741. The summed E-state index contributed by atoms with van der Waals surface area (Å²) in [7, 11) is 1.51. The lowest BCUT2D eigenvalue weighted by atomic mass is 10.3. The molecule has 0 radical (unpaired) electrons. The second kappa shape index (κ2) is 5.62. The summed E-state index contributed by atoms with van der Waals surface area (Å²) in [5.41, 5.74) is 5.96. The van der Waals surface area contributed by atoms with Gasteiger partial charge in [0.25, 0.3) is 0 Å². The molecule has 0 bridgehead atoms. The highest BCUT2D eigenvalue weighted by atomic mass is 35.5. The van der Waals surface area contributed by atoms with Crippen molar-refractivity contribution in [1.82, 2.24) is 4.98 Å². The lowest BCUT2D eigenvalue weighted by Gasteiger charge is -2.09. The van der Waals surface area contributed by atoms with Crippen LogP contribution < -0.4 is 15.8 Å². The van der Waals surface area contributed by atoms with E-state index in [-0.39, 0.29) is 11.5 Å². The monoisotopic (exact) mass is 294 g/mol. The highest BCUT2D eigenvalue weighted by Gasteiger charge is 2.13. The summed E-state index contributed by atoms with van der Waals surface area (Å²) in [4.78, 5) is 14.0. The molecule has 0 atom stereocenters. The summed E-state index contributed by atoms with van der Waals surface area (Å²) in [6.07, 6.45) is 0. The summed E-state index contributed by atoms with van der Waals surface area (Å²) < 4.78 is 5.09. The van der Waals surface area contributed by atoms with E-state index in [9.17, 15) is 10.1 Å². The van der Waals surface area contributed by atoms with Gasteiger partial charge in [-0.05, 0) is 18.2 Å². The van der Waals surface area contributed by atoms with Crippen LogP contribution in [0.5, 0.6) is 5.75 Å². The number of hydrogen-bond donors (Lipinski definition) is 2. The molecule has 0 aliphatic rings. The molecule has 7 nitrogen and oxygen atoms in total. The van der Waals surface area contributed by atoms with Crippen molar-refractivity contribution in [3.63, 3.8) is 0 Å². The zero-order chi connectivity index (χ0) is 14.7. The number of methoxy groups -OCH3 is 1. The molecule has 104 valence electrons. The van der Waals surface area contributed by atoms with Crippen molar-refractivity contribution in [3.05, 3.63) is 45.5 Å². The second-order valence-corrected chi connectivity index (χ2v) is 4.24. The third-order valence-electron chi connectivity index (χ3n) is 2.52. The van der Waals surface area contributed by atoms with Crippen LogP contribution in [0.1, 0.15) is 0 Å². The third-order valence-corrected chi connectivity index (χ3v) is 2.83. The third kappa shape index (κ3) is 2.89.